The summed E-state index contributed by atoms with van der Waals surface area (Å²) in [6.45, 7) is 5.80. The molecule has 0 aromatic carbocycles. The summed E-state index contributed by atoms with van der Waals surface area (Å²) in [5.41, 5.74) is 0. The first kappa shape index (κ1) is 14.9. The van der Waals surface area contributed by atoms with Crippen molar-refractivity contribution in [3.63, 3.8) is 0 Å². The zero-order valence-corrected chi connectivity index (χ0v) is 10.6. The number of aliphatic hydroxyl groups is 1. The summed E-state index contributed by atoms with van der Waals surface area (Å²) in [6, 6.07) is 0. The molecule has 0 amide bonds. The van der Waals surface area contributed by atoms with Crippen molar-refractivity contribution in [2.24, 2.45) is 0 Å². The molecular formula is C12H24O5. The second-order valence-electron chi connectivity index (χ2n) is 4.25. The van der Waals surface area contributed by atoms with Crippen molar-refractivity contribution in [1.29, 1.82) is 0 Å². The summed E-state index contributed by atoms with van der Waals surface area (Å²) in [7, 11) is 0. The Labute approximate surface area is 103 Å². The predicted octanol–water partition coefficient (Wildman–Crippen LogP) is 0.596. The van der Waals surface area contributed by atoms with Crippen LogP contribution in [0.3, 0.4) is 0 Å². The van der Waals surface area contributed by atoms with Crippen LogP contribution < -0.4 is 0 Å². The minimum atomic E-state index is -0.412. The Kier molecular flexibility index (Phi) is 8.56. The van der Waals surface area contributed by atoms with Crippen LogP contribution >= 0.6 is 0 Å². The average molecular weight is 248 g/mol. The van der Waals surface area contributed by atoms with Gasteiger partial charge >= 0.3 is 0 Å². The van der Waals surface area contributed by atoms with Crippen molar-refractivity contribution in [3.05, 3.63) is 0 Å². The summed E-state index contributed by atoms with van der Waals surface area (Å²) in [4.78, 5) is 0. The topological polar surface area (TPSA) is 57.2 Å². The number of hydrogen-bond acceptors (Lipinski definition) is 5. The van der Waals surface area contributed by atoms with Crippen molar-refractivity contribution in [2.45, 2.75) is 32.0 Å². The van der Waals surface area contributed by atoms with Gasteiger partial charge in [0.25, 0.3) is 0 Å². The van der Waals surface area contributed by atoms with Crippen LogP contribution in [-0.2, 0) is 18.9 Å². The van der Waals surface area contributed by atoms with Crippen molar-refractivity contribution in [3.8, 4) is 0 Å². The fraction of sp³-hybridized carbons (Fsp3) is 1.00. The Morgan fingerprint density at radius 3 is 2.53 bits per heavy atom. The molecule has 1 saturated heterocycles. The first-order valence-corrected chi connectivity index (χ1v) is 6.32. The molecule has 1 heterocycles. The maximum absolute atomic E-state index is 8.93. The molecular weight excluding hydrogens is 224 g/mol. The third-order valence-corrected chi connectivity index (χ3v) is 2.43. The van der Waals surface area contributed by atoms with Gasteiger partial charge in [-0.15, -0.1) is 0 Å². The summed E-state index contributed by atoms with van der Waals surface area (Å²) in [5.74, 6) is 0. The van der Waals surface area contributed by atoms with E-state index in [0.29, 0.717) is 39.6 Å². The van der Waals surface area contributed by atoms with Crippen LogP contribution in [0.5, 0.6) is 0 Å². The smallest absolute Gasteiger partial charge is 0.0809 e. The van der Waals surface area contributed by atoms with E-state index in [9.17, 15) is 0 Å². The Morgan fingerprint density at radius 1 is 1.18 bits per heavy atom. The highest BCUT2D eigenvalue weighted by molar-refractivity contribution is 4.63. The van der Waals surface area contributed by atoms with E-state index >= 15 is 0 Å². The van der Waals surface area contributed by atoms with E-state index in [-0.39, 0.29) is 6.10 Å². The molecule has 1 N–H and O–H groups in total. The molecule has 0 spiro atoms. The van der Waals surface area contributed by atoms with Crippen molar-refractivity contribution in [2.75, 3.05) is 46.2 Å². The van der Waals surface area contributed by atoms with Crippen LogP contribution in [0.25, 0.3) is 0 Å². The molecule has 2 unspecified atom stereocenters. The van der Waals surface area contributed by atoms with E-state index < -0.39 is 6.10 Å². The lowest BCUT2D eigenvalue weighted by Crippen LogP contribution is -2.17. The van der Waals surface area contributed by atoms with Gasteiger partial charge in [-0.1, -0.05) is 0 Å². The molecule has 1 aliphatic heterocycles. The molecule has 2 atom stereocenters. The van der Waals surface area contributed by atoms with Crippen molar-refractivity contribution in [1.82, 2.24) is 0 Å². The van der Waals surface area contributed by atoms with Gasteiger partial charge in [-0.25, -0.2) is 0 Å². The van der Waals surface area contributed by atoms with E-state index in [1.165, 1.54) is 0 Å². The van der Waals surface area contributed by atoms with Crippen LogP contribution in [0, 0.1) is 0 Å². The zero-order valence-electron chi connectivity index (χ0n) is 10.6. The molecule has 17 heavy (non-hydrogen) atoms. The Morgan fingerprint density at radius 2 is 1.88 bits per heavy atom. The quantitative estimate of drug-likeness (QED) is 0.574. The lowest BCUT2D eigenvalue weighted by molar-refractivity contribution is -0.0239. The van der Waals surface area contributed by atoms with E-state index in [2.05, 4.69) is 0 Å². The highest BCUT2D eigenvalue weighted by atomic mass is 16.6. The van der Waals surface area contributed by atoms with Gasteiger partial charge in [0.2, 0.25) is 0 Å². The fourth-order valence-electron chi connectivity index (χ4n) is 1.58. The molecule has 1 rings (SSSR count). The molecule has 5 nitrogen and oxygen atoms in total. The lowest BCUT2D eigenvalue weighted by Gasteiger charge is -2.10. The van der Waals surface area contributed by atoms with Gasteiger partial charge in [0, 0.05) is 6.61 Å². The normalized spacial score (nSPS) is 21.9. The average Bonchev–Trinajstić information content (AvgIpc) is 2.79. The first-order valence-electron chi connectivity index (χ1n) is 6.32. The molecule has 0 aromatic rings. The minimum absolute atomic E-state index is 0.282. The van der Waals surface area contributed by atoms with Crippen molar-refractivity contribution >= 4 is 0 Å². The highest BCUT2D eigenvalue weighted by Crippen LogP contribution is 2.11. The Balaban J connectivity index is 1.72. The Bertz CT molecular complexity index is 168. The SMILES string of the molecule is CC(O)COCCOCCOCC1CCCO1. The summed E-state index contributed by atoms with van der Waals surface area (Å²) >= 11 is 0. The molecule has 0 bridgehead atoms. The number of hydrogen-bond donors (Lipinski definition) is 1. The molecule has 0 saturated carbocycles. The first-order chi connectivity index (χ1) is 8.29. The van der Waals surface area contributed by atoms with Crippen LogP contribution in [0.4, 0.5) is 0 Å². The Hall–Kier alpha value is -0.200. The van der Waals surface area contributed by atoms with Crippen LogP contribution in [0.1, 0.15) is 19.8 Å². The van der Waals surface area contributed by atoms with E-state index in [4.69, 9.17) is 24.1 Å². The summed E-state index contributed by atoms with van der Waals surface area (Å²) < 4.78 is 21.3. The minimum Gasteiger partial charge on any atom is -0.391 e. The van der Waals surface area contributed by atoms with Gasteiger partial charge in [0.05, 0.1) is 51.8 Å². The number of ether oxygens (including phenoxy) is 4. The second-order valence-corrected chi connectivity index (χ2v) is 4.25. The van der Waals surface area contributed by atoms with Crippen molar-refractivity contribution < 1.29 is 24.1 Å². The van der Waals surface area contributed by atoms with Crippen LogP contribution in [-0.4, -0.2) is 63.6 Å². The van der Waals surface area contributed by atoms with Gasteiger partial charge in [-0.3, -0.25) is 0 Å². The lowest BCUT2D eigenvalue weighted by atomic mass is 10.2. The second kappa shape index (κ2) is 9.79. The molecule has 1 aliphatic rings. The van der Waals surface area contributed by atoms with Gasteiger partial charge in [-0.05, 0) is 19.8 Å². The van der Waals surface area contributed by atoms with Gasteiger partial charge in [0.1, 0.15) is 0 Å². The fourth-order valence-corrected chi connectivity index (χ4v) is 1.58. The number of rotatable bonds is 10. The number of aliphatic hydroxyl groups excluding tert-OH is 1. The van der Waals surface area contributed by atoms with E-state index in [1.807, 2.05) is 0 Å². The largest absolute Gasteiger partial charge is 0.391 e. The monoisotopic (exact) mass is 248 g/mol. The molecule has 1 fully saturated rings. The molecule has 0 radical (unpaired) electrons. The zero-order chi connectivity index (χ0) is 12.3. The van der Waals surface area contributed by atoms with Gasteiger partial charge in [-0.2, -0.15) is 0 Å². The standard InChI is InChI=1S/C12H24O5/c1-11(13)9-15-7-5-14-6-8-16-10-12-3-2-4-17-12/h11-13H,2-10H2,1H3. The highest BCUT2D eigenvalue weighted by Gasteiger charge is 2.14. The third kappa shape index (κ3) is 8.51. The van der Waals surface area contributed by atoms with Crippen LogP contribution in [0.2, 0.25) is 0 Å². The summed E-state index contributed by atoms with van der Waals surface area (Å²) in [6.07, 6.45) is 2.12. The molecule has 102 valence electrons. The van der Waals surface area contributed by atoms with E-state index in [1.54, 1.807) is 6.92 Å². The maximum atomic E-state index is 8.93. The molecule has 0 aliphatic carbocycles. The molecule has 0 aromatic heterocycles. The van der Waals surface area contributed by atoms with Gasteiger partial charge in [0.15, 0.2) is 0 Å². The summed E-state index contributed by atoms with van der Waals surface area (Å²) in [5, 5.41) is 8.93. The van der Waals surface area contributed by atoms with Gasteiger partial charge < -0.3 is 24.1 Å². The van der Waals surface area contributed by atoms with Crippen LogP contribution in [0.15, 0.2) is 0 Å². The molecule has 5 heteroatoms. The third-order valence-electron chi connectivity index (χ3n) is 2.43. The van der Waals surface area contributed by atoms with E-state index in [0.717, 1.165) is 19.4 Å². The maximum Gasteiger partial charge on any atom is 0.0809 e. The predicted molar refractivity (Wildman–Crippen MR) is 63.1 cm³/mol.